The third kappa shape index (κ3) is 7.18. The number of anilines is 1. The van der Waals surface area contributed by atoms with Gasteiger partial charge in [0.05, 0.1) is 31.4 Å². The lowest BCUT2D eigenvalue weighted by Crippen LogP contribution is -2.47. The Kier molecular flexibility index (Phi) is 10.4. The van der Waals surface area contributed by atoms with Gasteiger partial charge in [-0.15, -0.1) is 0 Å². The van der Waals surface area contributed by atoms with E-state index in [2.05, 4.69) is 30.3 Å². The van der Waals surface area contributed by atoms with Gasteiger partial charge in [-0.1, -0.05) is 25.0 Å². The number of aromatic nitrogens is 1. The molecular formula is C31H40N6O4. The molecule has 10 heteroatoms. The van der Waals surface area contributed by atoms with Crippen LogP contribution in [0.1, 0.15) is 36.1 Å². The van der Waals surface area contributed by atoms with Crippen LogP contribution in [0, 0.1) is 17.3 Å². The quantitative estimate of drug-likeness (QED) is 0.249. The zero-order chi connectivity index (χ0) is 30.3. The van der Waals surface area contributed by atoms with E-state index >= 15 is 0 Å². The van der Waals surface area contributed by atoms with E-state index in [0.717, 1.165) is 0 Å². The van der Waals surface area contributed by atoms with E-state index < -0.39 is 6.04 Å². The first kappa shape index (κ1) is 31.0. The molecule has 1 aromatic heterocycles. The third-order valence-corrected chi connectivity index (χ3v) is 7.01. The van der Waals surface area contributed by atoms with E-state index in [1.54, 1.807) is 50.3 Å². The van der Waals surface area contributed by atoms with Crippen molar-refractivity contribution < 1.29 is 19.1 Å². The van der Waals surface area contributed by atoms with Gasteiger partial charge in [0.2, 0.25) is 11.8 Å². The van der Waals surface area contributed by atoms with Gasteiger partial charge in [0, 0.05) is 50.2 Å². The number of ether oxygens (including phenoxy) is 2. The van der Waals surface area contributed by atoms with Crippen molar-refractivity contribution in [3.05, 3.63) is 66.5 Å². The number of hydrogen-bond acceptors (Lipinski definition) is 7. The van der Waals surface area contributed by atoms with Gasteiger partial charge in [0.15, 0.2) is 0 Å². The fourth-order valence-corrected chi connectivity index (χ4v) is 4.87. The lowest BCUT2D eigenvalue weighted by Gasteiger charge is -2.27. The van der Waals surface area contributed by atoms with Crippen molar-refractivity contribution in [1.82, 2.24) is 19.3 Å². The summed E-state index contributed by atoms with van der Waals surface area (Å²) < 4.78 is 12.7. The van der Waals surface area contributed by atoms with Crippen molar-refractivity contribution in [2.24, 2.45) is 0 Å². The number of carbonyl (C=O) groups is 2. The van der Waals surface area contributed by atoms with E-state index in [1.165, 1.54) is 6.08 Å². The van der Waals surface area contributed by atoms with E-state index in [4.69, 9.17) is 14.9 Å². The van der Waals surface area contributed by atoms with Gasteiger partial charge in [-0.25, -0.2) is 0 Å². The molecule has 0 radical (unpaired) electrons. The van der Waals surface area contributed by atoms with Crippen LogP contribution < -0.4 is 14.8 Å². The van der Waals surface area contributed by atoms with Crippen LogP contribution in [0.25, 0.3) is 0 Å². The molecule has 1 aliphatic heterocycles. The molecule has 2 heterocycles. The Morgan fingerprint density at radius 3 is 2.32 bits per heavy atom. The van der Waals surface area contributed by atoms with Crippen LogP contribution in [-0.4, -0.2) is 97.8 Å². The lowest BCUT2D eigenvalue weighted by atomic mass is 10.1. The van der Waals surface area contributed by atoms with E-state index in [0.29, 0.717) is 65.8 Å². The first-order valence-electron chi connectivity index (χ1n) is 13.3. The average Bonchev–Trinajstić information content (AvgIpc) is 3.56. The van der Waals surface area contributed by atoms with Crippen LogP contribution in [0.15, 0.2) is 49.8 Å². The van der Waals surface area contributed by atoms with Crippen LogP contribution >= 0.6 is 0 Å². The molecule has 1 aliphatic rings. The summed E-state index contributed by atoms with van der Waals surface area (Å²) in [7, 11) is 8.82. The Morgan fingerprint density at radius 2 is 1.78 bits per heavy atom. The molecule has 2 amide bonds. The van der Waals surface area contributed by atoms with Crippen molar-refractivity contribution in [3.8, 4) is 23.3 Å². The molecule has 0 bridgehead atoms. The Morgan fingerprint density at radius 1 is 1.12 bits per heavy atom. The Labute approximate surface area is 242 Å². The highest BCUT2D eigenvalue weighted by molar-refractivity contribution is 6.03. The molecule has 2 N–H and O–H groups in total. The highest BCUT2D eigenvalue weighted by atomic mass is 16.5. The molecule has 0 spiro atoms. The second-order valence-electron chi connectivity index (χ2n) is 10.2. The molecular weight excluding hydrogens is 520 g/mol. The summed E-state index contributed by atoms with van der Waals surface area (Å²) in [6.07, 6.45) is 5.06. The van der Waals surface area contributed by atoms with Gasteiger partial charge >= 0.3 is 0 Å². The second kappa shape index (κ2) is 13.7. The summed E-state index contributed by atoms with van der Waals surface area (Å²) in [5.41, 5.74) is 2.25. The zero-order valence-corrected chi connectivity index (χ0v) is 24.8. The Hall–Kier alpha value is -4.49. The predicted molar refractivity (Wildman–Crippen MR) is 162 cm³/mol. The van der Waals surface area contributed by atoms with Gasteiger partial charge < -0.3 is 39.5 Å². The molecule has 0 saturated carbocycles. The number of likely N-dealkylation sites (tertiary alicyclic amines) is 1. The average molecular weight is 561 g/mol. The van der Waals surface area contributed by atoms with Gasteiger partial charge in [-0.3, -0.25) is 9.59 Å². The molecule has 1 fully saturated rings. The number of carbonyl (C=O) groups excluding carboxylic acids is 2. The van der Waals surface area contributed by atoms with Crippen molar-refractivity contribution in [2.45, 2.75) is 25.4 Å². The lowest BCUT2D eigenvalue weighted by molar-refractivity contribution is -0.140. The number of nitrogens with one attached hydrogen (secondary N) is 2. The number of hydrogen-bond donors (Lipinski definition) is 2. The zero-order valence-electron chi connectivity index (χ0n) is 24.8. The minimum atomic E-state index is -0.639. The molecule has 1 saturated heterocycles. The Bertz CT molecular complexity index is 1360. The van der Waals surface area contributed by atoms with Crippen molar-refractivity contribution in [3.63, 3.8) is 0 Å². The monoisotopic (exact) mass is 560 g/mol. The Balaban J connectivity index is 2.05. The molecule has 2 atom stereocenters. The predicted octanol–water partition coefficient (Wildman–Crippen LogP) is 3.20. The van der Waals surface area contributed by atoms with E-state index in [1.807, 2.05) is 41.9 Å². The maximum absolute atomic E-state index is 13.5. The first-order chi connectivity index (χ1) is 19.5. The number of likely N-dealkylation sites (N-methyl/N-ethyl adjacent to an activating group) is 2. The van der Waals surface area contributed by atoms with Crippen molar-refractivity contribution >= 4 is 23.3 Å². The normalized spacial score (nSPS) is 16.0. The number of benzene rings is 1. The van der Waals surface area contributed by atoms with Crippen LogP contribution in [0.3, 0.4) is 0 Å². The molecule has 3 rings (SSSR count). The van der Waals surface area contributed by atoms with Crippen LogP contribution in [-0.2, 0) is 9.59 Å². The topological polar surface area (TPSA) is 103 Å². The van der Waals surface area contributed by atoms with Gasteiger partial charge in [-0.05, 0) is 51.8 Å². The minimum absolute atomic E-state index is 0.120. The SMILES string of the molecule is C=CNc1c(C(C)=N)c(C#Cc2cc(OC)cc(OC)c2)cn1C1CC(C(=O)N(C)CCN(C)C)N(C(=O)C=C)C1. The molecule has 2 unspecified atom stereocenters. The second-order valence-corrected chi connectivity index (χ2v) is 10.2. The number of amides is 2. The first-order valence-corrected chi connectivity index (χ1v) is 13.3. The summed E-state index contributed by atoms with van der Waals surface area (Å²) in [6, 6.07) is 4.51. The number of nitrogens with zero attached hydrogens (tertiary/aromatic N) is 4. The molecule has 218 valence electrons. The van der Waals surface area contributed by atoms with Crippen molar-refractivity contribution in [1.29, 1.82) is 5.41 Å². The van der Waals surface area contributed by atoms with Crippen molar-refractivity contribution in [2.75, 3.05) is 60.3 Å². The summed E-state index contributed by atoms with van der Waals surface area (Å²) in [4.78, 5) is 31.6. The van der Waals surface area contributed by atoms with E-state index in [-0.39, 0.29) is 17.9 Å². The highest BCUT2D eigenvalue weighted by Gasteiger charge is 2.41. The molecule has 1 aromatic carbocycles. The third-order valence-electron chi connectivity index (χ3n) is 7.01. The van der Waals surface area contributed by atoms with Gasteiger partial charge in [0.25, 0.3) is 0 Å². The maximum atomic E-state index is 13.5. The largest absolute Gasteiger partial charge is 0.497 e. The van der Waals surface area contributed by atoms with Crippen LogP contribution in [0.2, 0.25) is 0 Å². The summed E-state index contributed by atoms with van der Waals surface area (Å²) in [6.45, 7) is 10.7. The minimum Gasteiger partial charge on any atom is -0.497 e. The summed E-state index contributed by atoms with van der Waals surface area (Å²) in [5, 5.41) is 11.7. The molecule has 10 nitrogen and oxygen atoms in total. The fraction of sp³-hybridized carbons (Fsp3) is 0.387. The summed E-state index contributed by atoms with van der Waals surface area (Å²) >= 11 is 0. The van der Waals surface area contributed by atoms with Gasteiger partial charge in [-0.2, -0.15) is 0 Å². The van der Waals surface area contributed by atoms with Crippen LogP contribution in [0.4, 0.5) is 5.82 Å². The summed E-state index contributed by atoms with van der Waals surface area (Å²) in [5.74, 6) is 7.82. The fourth-order valence-electron chi connectivity index (χ4n) is 4.87. The standard InChI is InChI=1S/C31H40N6O4/c1-9-28(38)37-20-24(17-27(37)31(39)35(6)14-13-34(4)5)36-19-23(29(21(3)32)30(36)33-10-2)12-11-22-15-25(40-7)18-26(16-22)41-8/h9-10,15-16,18-19,24,27,32-33H,1-2,13-14,17,20H2,3-8H3. The van der Waals surface area contributed by atoms with Crippen LogP contribution in [0.5, 0.6) is 11.5 Å². The smallest absolute Gasteiger partial charge is 0.246 e. The highest BCUT2D eigenvalue weighted by Crippen LogP contribution is 2.35. The maximum Gasteiger partial charge on any atom is 0.246 e. The number of methoxy groups -OCH3 is 2. The molecule has 41 heavy (non-hydrogen) atoms. The number of rotatable bonds is 11. The molecule has 2 aromatic rings. The van der Waals surface area contributed by atoms with Gasteiger partial charge in [0.1, 0.15) is 23.4 Å². The van der Waals surface area contributed by atoms with E-state index in [9.17, 15) is 9.59 Å². The molecule has 0 aliphatic carbocycles.